The van der Waals surface area contributed by atoms with Crippen LogP contribution in [0.15, 0.2) is 90.1 Å². The fourth-order valence-corrected chi connectivity index (χ4v) is 3.46. The van der Waals surface area contributed by atoms with Gasteiger partial charge in [0.1, 0.15) is 18.3 Å². The van der Waals surface area contributed by atoms with E-state index in [0.29, 0.717) is 30.1 Å². The van der Waals surface area contributed by atoms with Gasteiger partial charge in [-0.15, -0.1) is 0 Å². The smallest absolute Gasteiger partial charge is 0.252 e. The number of carbonyl (C=O) groups excluding carboxylic acids is 1. The Hall–Kier alpha value is -4.26. The lowest BCUT2D eigenvalue weighted by molar-refractivity contribution is 0.0952. The van der Waals surface area contributed by atoms with Crippen LogP contribution in [0.1, 0.15) is 21.5 Å². The third kappa shape index (κ3) is 4.06. The van der Waals surface area contributed by atoms with Gasteiger partial charge in [-0.2, -0.15) is 5.10 Å². The fraction of sp³-hybridized carbons (Fsp3) is 0.0833. The zero-order valence-corrected chi connectivity index (χ0v) is 16.6. The molecular formula is C24H19N5O2. The van der Waals surface area contributed by atoms with Crippen LogP contribution < -0.4 is 5.32 Å². The van der Waals surface area contributed by atoms with E-state index in [9.17, 15) is 4.79 Å². The van der Waals surface area contributed by atoms with Crippen molar-refractivity contribution in [1.82, 2.24) is 25.1 Å². The molecule has 7 nitrogen and oxygen atoms in total. The normalized spacial score (nSPS) is 11.0. The van der Waals surface area contributed by atoms with Crippen LogP contribution in [0.3, 0.4) is 0 Å². The number of aromatic nitrogens is 4. The largest absolute Gasteiger partial charge is 0.463 e. The first-order valence-electron chi connectivity index (χ1n) is 9.88. The van der Waals surface area contributed by atoms with Crippen LogP contribution in [-0.4, -0.2) is 25.7 Å². The SMILES string of the molecule is O=C(NCc1ccc(Cn2cncn2)cc1)c1cc(-c2ccco2)nc2ccccc12. The van der Waals surface area contributed by atoms with E-state index in [-0.39, 0.29) is 5.91 Å². The number of nitrogens with one attached hydrogen (secondary N) is 1. The molecule has 0 saturated heterocycles. The van der Waals surface area contributed by atoms with E-state index in [1.54, 1.807) is 29.4 Å². The molecule has 5 aromatic rings. The topological polar surface area (TPSA) is 85.8 Å². The van der Waals surface area contributed by atoms with Gasteiger partial charge in [-0.25, -0.2) is 14.6 Å². The summed E-state index contributed by atoms with van der Waals surface area (Å²) in [6.07, 6.45) is 4.80. The third-order valence-corrected chi connectivity index (χ3v) is 5.02. The van der Waals surface area contributed by atoms with Gasteiger partial charge in [0.2, 0.25) is 0 Å². The fourth-order valence-electron chi connectivity index (χ4n) is 3.46. The molecule has 0 saturated carbocycles. The highest BCUT2D eigenvalue weighted by molar-refractivity contribution is 6.07. The van der Waals surface area contributed by atoms with Crippen molar-refractivity contribution in [2.45, 2.75) is 13.1 Å². The van der Waals surface area contributed by atoms with Crippen molar-refractivity contribution in [3.63, 3.8) is 0 Å². The molecule has 1 amide bonds. The van der Waals surface area contributed by atoms with Crippen LogP contribution in [0.25, 0.3) is 22.4 Å². The second-order valence-corrected chi connectivity index (χ2v) is 7.14. The summed E-state index contributed by atoms with van der Waals surface area (Å²) in [5, 5.41) is 7.94. The van der Waals surface area contributed by atoms with Gasteiger partial charge in [-0.05, 0) is 35.4 Å². The first-order valence-corrected chi connectivity index (χ1v) is 9.88. The minimum absolute atomic E-state index is 0.155. The van der Waals surface area contributed by atoms with Gasteiger partial charge in [-0.3, -0.25) is 4.79 Å². The Kier molecular flexibility index (Phi) is 4.98. The molecule has 0 atom stereocenters. The number of hydrogen-bond acceptors (Lipinski definition) is 5. The van der Waals surface area contributed by atoms with Crippen molar-refractivity contribution < 1.29 is 9.21 Å². The van der Waals surface area contributed by atoms with E-state index < -0.39 is 0 Å². The Morgan fingerprint density at radius 2 is 1.84 bits per heavy atom. The maximum atomic E-state index is 13.0. The number of para-hydroxylation sites is 1. The van der Waals surface area contributed by atoms with E-state index in [1.165, 1.54) is 6.33 Å². The minimum atomic E-state index is -0.155. The monoisotopic (exact) mass is 409 g/mol. The molecule has 0 unspecified atom stereocenters. The number of benzene rings is 2. The molecule has 0 fully saturated rings. The summed E-state index contributed by atoms with van der Waals surface area (Å²) < 4.78 is 7.24. The Labute approximate surface area is 178 Å². The van der Waals surface area contributed by atoms with Gasteiger partial charge < -0.3 is 9.73 Å². The number of fused-ring (bicyclic) bond motifs is 1. The standard InChI is InChI=1S/C24H19N5O2/c30-24(26-13-17-7-9-18(10-8-17)14-29-16-25-15-27-29)20-12-22(23-6-3-11-31-23)28-21-5-2-1-4-19(20)21/h1-12,15-16H,13-14H2,(H,26,30). The molecule has 2 aromatic carbocycles. The van der Waals surface area contributed by atoms with Gasteiger partial charge in [0.25, 0.3) is 5.91 Å². The molecule has 3 aromatic heterocycles. The van der Waals surface area contributed by atoms with Gasteiger partial charge in [0.15, 0.2) is 5.76 Å². The zero-order valence-electron chi connectivity index (χ0n) is 16.6. The van der Waals surface area contributed by atoms with E-state index in [1.807, 2.05) is 54.6 Å². The van der Waals surface area contributed by atoms with Crippen LogP contribution in [-0.2, 0) is 13.1 Å². The molecule has 7 heteroatoms. The highest BCUT2D eigenvalue weighted by Gasteiger charge is 2.15. The Morgan fingerprint density at radius 1 is 1.00 bits per heavy atom. The molecule has 152 valence electrons. The third-order valence-electron chi connectivity index (χ3n) is 5.02. The molecule has 0 radical (unpaired) electrons. The second kappa shape index (κ2) is 8.23. The summed E-state index contributed by atoms with van der Waals surface area (Å²) in [6, 6.07) is 21.1. The van der Waals surface area contributed by atoms with Crippen LogP contribution in [0, 0.1) is 0 Å². The van der Waals surface area contributed by atoms with Crippen molar-refractivity contribution >= 4 is 16.8 Å². The Balaban J connectivity index is 1.34. The van der Waals surface area contributed by atoms with Crippen molar-refractivity contribution in [1.29, 1.82) is 0 Å². The van der Waals surface area contributed by atoms with Gasteiger partial charge in [0, 0.05) is 11.9 Å². The lowest BCUT2D eigenvalue weighted by Crippen LogP contribution is -2.23. The molecule has 3 heterocycles. The van der Waals surface area contributed by atoms with E-state index >= 15 is 0 Å². The minimum Gasteiger partial charge on any atom is -0.463 e. The summed E-state index contributed by atoms with van der Waals surface area (Å²) in [5.74, 6) is 0.473. The van der Waals surface area contributed by atoms with Crippen LogP contribution in [0.2, 0.25) is 0 Å². The molecule has 0 bridgehead atoms. The average Bonchev–Trinajstić information content (AvgIpc) is 3.52. The van der Waals surface area contributed by atoms with E-state index in [4.69, 9.17) is 4.42 Å². The molecule has 0 aliphatic heterocycles. The summed E-state index contributed by atoms with van der Waals surface area (Å²) in [6.45, 7) is 1.08. The van der Waals surface area contributed by atoms with Crippen molar-refractivity contribution in [3.8, 4) is 11.5 Å². The summed E-state index contributed by atoms with van der Waals surface area (Å²) >= 11 is 0. The number of furan rings is 1. The lowest BCUT2D eigenvalue weighted by atomic mass is 10.1. The molecule has 1 N–H and O–H groups in total. The number of pyridine rings is 1. The van der Waals surface area contributed by atoms with Gasteiger partial charge >= 0.3 is 0 Å². The van der Waals surface area contributed by atoms with Crippen molar-refractivity contribution in [2.75, 3.05) is 0 Å². The first-order chi connectivity index (χ1) is 15.3. The quantitative estimate of drug-likeness (QED) is 0.457. The summed E-state index contributed by atoms with van der Waals surface area (Å²) in [5.41, 5.74) is 4.08. The number of nitrogens with zero attached hydrogens (tertiary/aromatic N) is 4. The van der Waals surface area contributed by atoms with Gasteiger partial charge in [0.05, 0.1) is 23.9 Å². The summed E-state index contributed by atoms with van der Waals surface area (Å²) in [7, 11) is 0. The zero-order chi connectivity index (χ0) is 21.0. The predicted octanol–water partition coefficient (Wildman–Crippen LogP) is 4.06. The molecule has 0 aliphatic rings. The summed E-state index contributed by atoms with van der Waals surface area (Å²) in [4.78, 5) is 21.6. The van der Waals surface area contributed by atoms with Crippen molar-refractivity contribution in [3.05, 3.63) is 102 Å². The van der Waals surface area contributed by atoms with Gasteiger partial charge in [-0.1, -0.05) is 42.5 Å². The highest BCUT2D eigenvalue weighted by atomic mass is 16.3. The number of amides is 1. The highest BCUT2D eigenvalue weighted by Crippen LogP contribution is 2.25. The van der Waals surface area contributed by atoms with Crippen LogP contribution >= 0.6 is 0 Å². The number of hydrogen-bond donors (Lipinski definition) is 1. The van der Waals surface area contributed by atoms with E-state index in [2.05, 4.69) is 20.4 Å². The number of rotatable bonds is 6. The average molecular weight is 409 g/mol. The lowest BCUT2D eigenvalue weighted by Gasteiger charge is -2.10. The molecule has 5 rings (SSSR count). The van der Waals surface area contributed by atoms with Crippen LogP contribution in [0.5, 0.6) is 0 Å². The maximum absolute atomic E-state index is 13.0. The van der Waals surface area contributed by atoms with Crippen LogP contribution in [0.4, 0.5) is 0 Å². The molecular weight excluding hydrogens is 390 g/mol. The first kappa shape index (κ1) is 18.7. The molecule has 31 heavy (non-hydrogen) atoms. The van der Waals surface area contributed by atoms with Crippen molar-refractivity contribution in [2.24, 2.45) is 0 Å². The molecule has 0 spiro atoms. The Morgan fingerprint density at radius 3 is 2.61 bits per heavy atom. The molecule has 0 aliphatic carbocycles. The van der Waals surface area contributed by atoms with E-state index in [0.717, 1.165) is 22.0 Å². The second-order valence-electron chi connectivity index (χ2n) is 7.14. The maximum Gasteiger partial charge on any atom is 0.252 e. The predicted molar refractivity (Wildman–Crippen MR) is 116 cm³/mol. The number of carbonyl (C=O) groups is 1. The Bertz CT molecular complexity index is 1310.